The average Bonchev–Trinajstić information content (AvgIpc) is 2.34. The van der Waals surface area contributed by atoms with Gasteiger partial charge in [0.1, 0.15) is 5.82 Å². The third-order valence-corrected chi connectivity index (χ3v) is 3.52. The minimum absolute atomic E-state index is 0.115. The Hall–Kier alpha value is -0.640. The summed E-state index contributed by atoms with van der Waals surface area (Å²) in [7, 11) is 1.73. The molecule has 0 spiro atoms. The van der Waals surface area contributed by atoms with Crippen molar-refractivity contribution < 1.29 is 9.13 Å². The second-order valence-electron chi connectivity index (χ2n) is 5.06. The van der Waals surface area contributed by atoms with Crippen LogP contribution in [0, 0.1) is 11.7 Å². The van der Waals surface area contributed by atoms with Crippen LogP contribution in [0.5, 0.6) is 0 Å². The van der Waals surface area contributed by atoms with E-state index in [4.69, 9.17) is 16.3 Å². The maximum atomic E-state index is 13.2. The van der Waals surface area contributed by atoms with E-state index < -0.39 is 0 Å². The van der Waals surface area contributed by atoms with Crippen molar-refractivity contribution in [3.63, 3.8) is 0 Å². The van der Waals surface area contributed by atoms with Crippen LogP contribution in [0.4, 0.5) is 4.39 Å². The molecule has 0 amide bonds. The lowest BCUT2D eigenvalue weighted by atomic mass is 9.94. The van der Waals surface area contributed by atoms with Crippen LogP contribution in [0.15, 0.2) is 18.2 Å². The normalized spacial score (nSPS) is 14.7. The summed E-state index contributed by atoms with van der Waals surface area (Å²) in [5.74, 6) is 0.0301. The molecule has 0 radical (unpaired) electrons. The Labute approximate surface area is 120 Å². The van der Waals surface area contributed by atoms with Crippen molar-refractivity contribution in [2.24, 2.45) is 5.92 Å². The molecule has 19 heavy (non-hydrogen) atoms. The zero-order valence-corrected chi connectivity index (χ0v) is 12.8. The predicted octanol–water partition coefficient (Wildman–Crippen LogP) is 3.67. The van der Waals surface area contributed by atoms with Crippen LogP contribution < -0.4 is 5.32 Å². The summed E-state index contributed by atoms with van der Waals surface area (Å²) in [5.41, 5.74) is 1.01. The molecule has 2 atom stereocenters. The maximum Gasteiger partial charge on any atom is 0.141 e. The fraction of sp³-hybridized carbons (Fsp3) is 0.600. The van der Waals surface area contributed by atoms with Crippen molar-refractivity contribution in [2.75, 3.05) is 13.7 Å². The first kappa shape index (κ1) is 16.4. The highest BCUT2D eigenvalue weighted by Crippen LogP contribution is 2.20. The molecular formula is C15H23ClFNO. The van der Waals surface area contributed by atoms with E-state index in [-0.39, 0.29) is 23.0 Å². The van der Waals surface area contributed by atoms with Crippen molar-refractivity contribution in [1.29, 1.82) is 0 Å². The minimum atomic E-state index is -0.377. The number of benzene rings is 1. The SMILES string of the molecule is CCNC(Cc1ccc(F)c(Cl)c1)C(OC)C(C)C. The summed E-state index contributed by atoms with van der Waals surface area (Å²) >= 11 is 5.82. The number of ether oxygens (including phenoxy) is 1. The van der Waals surface area contributed by atoms with E-state index in [1.165, 1.54) is 6.07 Å². The van der Waals surface area contributed by atoms with Gasteiger partial charge >= 0.3 is 0 Å². The molecule has 1 N–H and O–H groups in total. The second-order valence-corrected chi connectivity index (χ2v) is 5.47. The zero-order chi connectivity index (χ0) is 14.4. The van der Waals surface area contributed by atoms with Crippen molar-refractivity contribution in [3.05, 3.63) is 34.6 Å². The number of halogens is 2. The Bertz CT molecular complexity index is 398. The standard InChI is InChI=1S/C15H23ClFNO/c1-5-18-14(15(19-4)10(2)3)9-11-6-7-13(17)12(16)8-11/h6-8,10,14-15,18H,5,9H2,1-4H3. The Morgan fingerprint density at radius 2 is 2.05 bits per heavy atom. The van der Waals surface area contributed by atoms with Gasteiger partial charge in [-0.05, 0) is 36.6 Å². The lowest BCUT2D eigenvalue weighted by Crippen LogP contribution is -2.45. The van der Waals surface area contributed by atoms with Crippen molar-refractivity contribution in [1.82, 2.24) is 5.32 Å². The molecule has 0 bridgehead atoms. The highest BCUT2D eigenvalue weighted by atomic mass is 35.5. The van der Waals surface area contributed by atoms with Gasteiger partial charge in [-0.2, -0.15) is 0 Å². The lowest BCUT2D eigenvalue weighted by molar-refractivity contribution is 0.0337. The highest BCUT2D eigenvalue weighted by molar-refractivity contribution is 6.30. The van der Waals surface area contributed by atoms with Crippen molar-refractivity contribution in [2.45, 2.75) is 39.3 Å². The van der Waals surface area contributed by atoms with Crippen LogP contribution in [0.25, 0.3) is 0 Å². The molecule has 1 aromatic carbocycles. The first-order valence-electron chi connectivity index (χ1n) is 6.69. The van der Waals surface area contributed by atoms with Gasteiger partial charge in [0.05, 0.1) is 11.1 Å². The number of nitrogens with one attached hydrogen (secondary N) is 1. The first-order chi connectivity index (χ1) is 8.99. The van der Waals surface area contributed by atoms with Gasteiger partial charge in [-0.15, -0.1) is 0 Å². The predicted molar refractivity (Wildman–Crippen MR) is 78.2 cm³/mol. The molecule has 2 unspecified atom stereocenters. The van der Waals surface area contributed by atoms with Gasteiger partial charge in [-0.25, -0.2) is 4.39 Å². The fourth-order valence-electron chi connectivity index (χ4n) is 2.39. The Morgan fingerprint density at radius 3 is 2.53 bits per heavy atom. The Morgan fingerprint density at radius 1 is 1.37 bits per heavy atom. The van der Waals surface area contributed by atoms with Crippen LogP contribution in [-0.2, 0) is 11.2 Å². The molecule has 1 aromatic rings. The molecule has 4 heteroatoms. The molecule has 0 aliphatic heterocycles. The number of hydrogen-bond acceptors (Lipinski definition) is 2. The molecule has 0 saturated heterocycles. The van der Waals surface area contributed by atoms with Crippen LogP contribution in [0.3, 0.4) is 0 Å². The number of rotatable bonds is 7. The van der Waals surface area contributed by atoms with Crippen molar-refractivity contribution >= 4 is 11.6 Å². The van der Waals surface area contributed by atoms with Crippen LogP contribution in [0.2, 0.25) is 5.02 Å². The number of hydrogen-bond donors (Lipinski definition) is 1. The number of likely N-dealkylation sites (N-methyl/N-ethyl adjacent to an activating group) is 1. The summed E-state index contributed by atoms with van der Waals surface area (Å²) in [4.78, 5) is 0. The summed E-state index contributed by atoms with van der Waals surface area (Å²) in [6, 6.07) is 5.07. The monoisotopic (exact) mass is 287 g/mol. The summed E-state index contributed by atoms with van der Waals surface area (Å²) < 4.78 is 18.7. The van der Waals surface area contributed by atoms with E-state index in [9.17, 15) is 4.39 Å². The van der Waals surface area contributed by atoms with Crippen molar-refractivity contribution in [3.8, 4) is 0 Å². The largest absolute Gasteiger partial charge is 0.380 e. The third-order valence-electron chi connectivity index (χ3n) is 3.23. The minimum Gasteiger partial charge on any atom is -0.380 e. The van der Waals surface area contributed by atoms with E-state index in [0.29, 0.717) is 5.92 Å². The lowest BCUT2D eigenvalue weighted by Gasteiger charge is -2.30. The molecule has 2 nitrogen and oxygen atoms in total. The van der Waals surface area contributed by atoms with Gasteiger partial charge < -0.3 is 10.1 Å². The molecule has 0 heterocycles. The van der Waals surface area contributed by atoms with Gasteiger partial charge in [0.25, 0.3) is 0 Å². The Kier molecular flexibility index (Phi) is 6.76. The van der Waals surface area contributed by atoms with Crippen LogP contribution in [0.1, 0.15) is 26.3 Å². The topological polar surface area (TPSA) is 21.3 Å². The van der Waals surface area contributed by atoms with Gasteiger partial charge in [0.2, 0.25) is 0 Å². The van der Waals surface area contributed by atoms with Crippen LogP contribution in [-0.4, -0.2) is 25.8 Å². The molecule has 108 valence electrons. The smallest absolute Gasteiger partial charge is 0.141 e. The van der Waals surface area contributed by atoms with Gasteiger partial charge in [0, 0.05) is 13.2 Å². The van der Waals surface area contributed by atoms with E-state index in [1.54, 1.807) is 19.2 Å². The molecule has 0 aliphatic carbocycles. The maximum absolute atomic E-state index is 13.2. The molecule has 0 aromatic heterocycles. The number of methoxy groups -OCH3 is 1. The zero-order valence-electron chi connectivity index (χ0n) is 12.0. The highest BCUT2D eigenvalue weighted by Gasteiger charge is 2.24. The Balaban J connectivity index is 2.85. The van der Waals surface area contributed by atoms with Crippen LogP contribution >= 0.6 is 11.6 Å². The molecule has 0 aliphatic rings. The first-order valence-corrected chi connectivity index (χ1v) is 7.07. The second kappa shape index (κ2) is 7.83. The average molecular weight is 288 g/mol. The molecular weight excluding hydrogens is 265 g/mol. The molecule has 0 fully saturated rings. The summed E-state index contributed by atoms with van der Waals surface area (Å²) in [6.07, 6.45) is 0.883. The van der Waals surface area contributed by atoms with Gasteiger partial charge in [-0.1, -0.05) is 38.4 Å². The van der Waals surface area contributed by atoms with E-state index in [1.807, 2.05) is 0 Å². The molecule has 1 rings (SSSR count). The van der Waals surface area contributed by atoms with Gasteiger partial charge in [-0.3, -0.25) is 0 Å². The van der Waals surface area contributed by atoms with E-state index >= 15 is 0 Å². The molecule has 0 saturated carbocycles. The summed E-state index contributed by atoms with van der Waals surface area (Å²) in [6.45, 7) is 7.20. The quantitative estimate of drug-likeness (QED) is 0.826. The summed E-state index contributed by atoms with van der Waals surface area (Å²) in [5, 5.41) is 3.61. The van der Waals surface area contributed by atoms with Gasteiger partial charge in [0.15, 0.2) is 0 Å². The van der Waals surface area contributed by atoms with E-state index in [0.717, 1.165) is 18.5 Å². The third kappa shape index (κ3) is 4.75. The van der Waals surface area contributed by atoms with E-state index in [2.05, 4.69) is 26.1 Å². The fourth-order valence-corrected chi connectivity index (χ4v) is 2.59.